The Morgan fingerprint density at radius 2 is 1.82 bits per heavy atom. The highest BCUT2D eigenvalue weighted by molar-refractivity contribution is 5.99. The van der Waals surface area contributed by atoms with E-state index in [0.29, 0.717) is 38.2 Å². The first-order valence-corrected chi connectivity index (χ1v) is 19.6. The molecule has 2 aromatic rings. The number of anilines is 1. The molecule has 4 aliphatic rings. The zero-order valence-corrected chi connectivity index (χ0v) is 32.5. The number of carboxylic acid groups (broad SMARTS) is 1. The van der Waals surface area contributed by atoms with Gasteiger partial charge in [0.25, 0.3) is 5.91 Å². The molecule has 1 saturated heterocycles. The number of aliphatic carboxylic acids is 1. The third kappa shape index (κ3) is 8.97. The van der Waals surface area contributed by atoms with Crippen LogP contribution in [0.25, 0.3) is 0 Å². The number of allylic oxidation sites excluding steroid dienone is 1. The van der Waals surface area contributed by atoms with E-state index >= 15 is 0 Å². The molecule has 1 aromatic heterocycles. The molecule has 300 valence electrons. The number of nitrogens with zero attached hydrogens (tertiary/aromatic N) is 4. The summed E-state index contributed by atoms with van der Waals surface area (Å²) >= 11 is 0. The van der Waals surface area contributed by atoms with Gasteiger partial charge in [-0.1, -0.05) is 63.1 Å². The molecule has 0 bridgehead atoms. The van der Waals surface area contributed by atoms with Gasteiger partial charge in [-0.05, 0) is 61.3 Å². The fraction of sp³-hybridized carbons (Fsp3) is 0.537. The summed E-state index contributed by atoms with van der Waals surface area (Å²) in [7, 11) is 3.67. The van der Waals surface area contributed by atoms with Gasteiger partial charge in [0, 0.05) is 45.7 Å². The quantitative estimate of drug-likeness (QED) is 0.291. The van der Waals surface area contributed by atoms with Gasteiger partial charge in [0.1, 0.15) is 35.6 Å². The highest BCUT2D eigenvalue weighted by atomic mass is 16.6. The van der Waals surface area contributed by atoms with Crippen LogP contribution >= 0.6 is 0 Å². The molecule has 15 heteroatoms. The van der Waals surface area contributed by atoms with Crippen molar-refractivity contribution in [1.29, 1.82) is 0 Å². The van der Waals surface area contributed by atoms with Gasteiger partial charge >= 0.3 is 12.1 Å². The Kier molecular flexibility index (Phi) is 12.3. The minimum atomic E-state index is -1.50. The average Bonchev–Trinajstić information content (AvgIpc) is 3.72. The SMILES string of the molecule is CC(C)C(NC(=O)c1ccc(N(C)C)nc1)C(=O)N[C@H]1CCCCC/C=C\[C@@H]2C[C@@]2(C(=O)O)NC(=O)[C@@H]2C[C@@H](OC(=O)N3CCc4ccccc4C3)CN2C1=O. The summed E-state index contributed by atoms with van der Waals surface area (Å²) in [6.07, 6.45) is 7.66. The van der Waals surface area contributed by atoms with Crippen LogP contribution in [-0.4, -0.2) is 113 Å². The van der Waals surface area contributed by atoms with Crippen LogP contribution in [-0.2, 0) is 36.9 Å². The summed E-state index contributed by atoms with van der Waals surface area (Å²) in [5.41, 5.74) is 0.946. The fourth-order valence-corrected chi connectivity index (χ4v) is 7.82. The Morgan fingerprint density at radius 1 is 1.05 bits per heavy atom. The number of rotatable bonds is 8. The molecule has 5 amide bonds. The number of nitrogens with one attached hydrogen (secondary N) is 3. The average molecular weight is 772 g/mol. The van der Waals surface area contributed by atoms with Crippen molar-refractivity contribution in [1.82, 2.24) is 30.7 Å². The van der Waals surface area contributed by atoms with Crippen LogP contribution < -0.4 is 20.9 Å². The van der Waals surface area contributed by atoms with Crippen LogP contribution in [0.5, 0.6) is 0 Å². The second-order valence-electron chi connectivity index (χ2n) is 15.9. The molecule has 56 heavy (non-hydrogen) atoms. The Labute approximate surface area is 327 Å². The van der Waals surface area contributed by atoms with Crippen LogP contribution in [0.2, 0.25) is 0 Å². The van der Waals surface area contributed by atoms with Crippen LogP contribution in [0.1, 0.15) is 80.3 Å². The first-order chi connectivity index (χ1) is 26.8. The molecule has 1 unspecified atom stereocenters. The molecular formula is C41H53N7O8. The minimum Gasteiger partial charge on any atom is -0.479 e. The third-order valence-corrected chi connectivity index (χ3v) is 11.3. The van der Waals surface area contributed by atoms with Crippen molar-refractivity contribution in [3.8, 4) is 0 Å². The molecule has 2 fully saturated rings. The second-order valence-corrected chi connectivity index (χ2v) is 15.9. The van der Waals surface area contributed by atoms with Crippen LogP contribution in [0, 0.1) is 11.8 Å². The first kappa shape index (κ1) is 40.2. The van der Waals surface area contributed by atoms with Gasteiger partial charge in [0.05, 0.1) is 12.1 Å². The number of hydrogen-bond donors (Lipinski definition) is 4. The summed E-state index contributed by atoms with van der Waals surface area (Å²) in [6, 6.07) is 7.95. The number of aromatic nitrogens is 1. The van der Waals surface area contributed by atoms with Crippen molar-refractivity contribution in [2.45, 2.75) is 102 Å². The Balaban J connectivity index is 1.22. The molecule has 6 atom stereocenters. The second kappa shape index (κ2) is 17.1. The lowest BCUT2D eigenvalue weighted by molar-refractivity contribution is -0.146. The largest absolute Gasteiger partial charge is 0.479 e. The van der Waals surface area contributed by atoms with Gasteiger partial charge in [0.2, 0.25) is 17.7 Å². The van der Waals surface area contributed by atoms with Crippen molar-refractivity contribution < 1.29 is 38.6 Å². The number of carbonyl (C=O) groups is 6. The van der Waals surface area contributed by atoms with E-state index in [1.54, 1.807) is 35.8 Å². The van der Waals surface area contributed by atoms with Crippen molar-refractivity contribution in [3.63, 3.8) is 0 Å². The number of fused-ring (bicyclic) bond motifs is 3. The van der Waals surface area contributed by atoms with Gasteiger partial charge in [-0.2, -0.15) is 0 Å². The van der Waals surface area contributed by atoms with E-state index in [4.69, 9.17) is 4.74 Å². The van der Waals surface area contributed by atoms with Crippen LogP contribution in [0.4, 0.5) is 10.6 Å². The smallest absolute Gasteiger partial charge is 0.410 e. The number of benzene rings is 1. The van der Waals surface area contributed by atoms with Crippen molar-refractivity contribution >= 4 is 41.5 Å². The molecule has 0 radical (unpaired) electrons. The third-order valence-electron chi connectivity index (χ3n) is 11.3. The summed E-state index contributed by atoms with van der Waals surface area (Å²) in [5.74, 6) is -3.53. The maximum Gasteiger partial charge on any atom is 0.410 e. The Hall–Kier alpha value is -5.47. The number of hydrogen-bond acceptors (Lipinski definition) is 9. The van der Waals surface area contributed by atoms with Gasteiger partial charge < -0.3 is 40.5 Å². The zero-order valence-electron chi connectivity index (χ0n) is 32.5. The van der Waals surface area contributed by atoms with E-state index < -0.39 is 71.4 Å². The Bertz CT molecular complexity index is 1850. The van der Waals surface area contributed by atoms with Crippen molar-refractivity contribution in [3.05, 3.63) is 71.4 Å². The summed E-state index contributed by atoms with van der Waals surface area (Å²) in [4.78, 5) is 90.9. The maximum atomic E-state index is 14.6. The van der Waals surface area contributed by atoms with Crippen molar-refractivity contribution in [2.24, 2.45) is 11.8 Å². The van der Waals surface area contributed by atoms with Gasteiger partial charge in [0.15, 0.2) is 0 Å². The topological polar surface area (TPSA) is 191 Å². The molecule has 4 heterocycles. The lowest BCUT2D eigenvalue weighted by atomic mass is 10.0. The highest BCUT2D eigenvalue weighted by Crippen LogP contribution is 2.45. The van der Waals surface area contributed by atoms with E-state index in [-0.39, 0.29) is 37.3 Å². The van der Waals surface area contributed by atoms with Gasteiger partial charge in [-0.3, -0.25) is 19.2 Å². The van der Waals surface area contributed by atoms with Crippen LogP contribution in [0.3, 0.4) is 0 Å². The molecule has 3 aliphatic heterocycles. The minimum absolute atomic E-state index is 0.0457. The molecular weight excluding hydrogens is 718 g/mol. The summed E-state index contributed by atoms with van der Waals surface area (Å²) < 4.78 is 5.95. The molecule has 1 aliphatic carbocycles. The van der Waals surface area contributed by atoms with E-state index in [1.807, 2.05) is 50.5 Å². The van der Waals surface area contributed by atoms with Gasteiger partial charge in [-0.25, -0.2) is 14.6 Å². The lowest BCUT2D eigenvalue weighted by Crippen LogP contribution is -2.58. The maximum absolute atomic E-state index is 14.6. The number of carbonyl (C=O) groups excluding carboxylic acids is 5. The molecule has 6 rings (SSSR count). The molecule has 4 N–H and O–H groups in total. The monoisotopic (exact) mass is 771 g/mol. The van der Waals surface area contributed by atoms with E-state index in [0.717, 1.165) is 24.0 Å². The highest BCUT2D eigenvalue weighted by Gasteiger charge is 2.61. The number of carboxylic acids is 1. The van der Waals surface area contributed by atoms with E-state index in [1.165, 1.54) is 11.1 Å². The normalized spacial score (nSPS) is 26.2. The summed E-state index contributed by atoms with van der Waals surface area (Å²) in [5, 5.41) is 18.6. The number of pyridine rings is 1. The molecule has 1 saturated carbocycles. The first-order valence-electron chi connectivity index (χ1n) is 19.6. The van der Waals surface area contributed by atoms with E-state index in [2.05, 4.69) is 20.9 Å². The predicted molar refractivity (Wildman–Crippen MR) is 206 cm³/mol. The molecule has 1 aromatic carbocycles. The van der Waals surface area contributed by atoms with Crippen LogP contribution in [0.15, 0.2) is 54.7 Å². The Morgan fingerprint density at radius 3 is 2.52 bits per heavy atom. The lowest BCUT2D eigenvalue weighted by Gasteiger charge is -2.31. The standard InChI is InChI=1S/C41H53N7O8/c1-25(2)34(44-35(49)27-16-17-33(42-22-27)46(3)4)37(51)43-31-15-9-7-5-6-8-14-29-21-41(29,39(53)54)45-36(50)32-20-30(24-48(32)38(31)52)56-40(55)47-19-18-26-12-10-11-13-28(26)23-47/h8,10-14,16-17,22,25,29-32,34H,5-7,9,15,18-21,23-24H2,1-4H3,(H,43,51)(H,44,49)(H,45,50)(H,53,54)/b14-8-/t29-,30-,31+,32+,34?,41-/m1/s1. The molecule has 0 spiro atoms. The fourth-order valence-electron chi connectivity index (χ4n) is 7.82. The predicted octanol–water partition coefficient (Wildman–Crippen LogP) is 3.03. The summed E-state index contributed by atoms with van der Waals surface area (Å²) in [6.45, 7) is 4.26. The van der Waals surface area contributed by atoms with Crippen molar-refractivity contribution in [2.75, 3.05) is 32.1 Å². The van der Waals surface area contributed by atoms with E-state index in [9.17, 15) is 33.9 Å². The number of ether oxygens (including phenoxy) is 1. The zero-order chi connectivity index (χ0) is 40.1. The molecule has 15 nitrogen and oxygen atoms in total. The van der Waals surface area contributed by atoms with Gasteiger partial charge in [-0.15, -0.1) is 0 Å². The number of amides is 5.